The largest absolute Gasteiger partial charge is 0.478 e. The summed E-state index contributed by atoms with van der Waals surface area (Å²) in [5.41, 5.74) is 6.79. The van der Waals surface area contributed by atoms with E-state index in [-0.39, 0.29) is 21.8 Å². The number of amides is 1. The number of esters is 1. The third-order valence-corrected chi connectivity index (χ3v) is 6.70. The van der Waals surface area contributed by atoms with Crippen LogP contribution in [-0.4, -0.2) is 39.5 Å². The van der Waals surface area contributed by atoms with Gasteiger partial charge in [0.1, 0.15) is 0 Å². The molecule has 0 fully saturated rings. The van der Waals surface area contributed by atoms with Gasteiger partial charge in [-0.15, -0.1) is 0 Å². The van der Waals surface area contributed by atoms with Crippen molar-refractivity contribution >= 4 is 46.2 Å². The number of nitrogens with zero attached hydrogens (tertiary/aromatic N) is 2. The molecule has 1 aromatic heterocycles. The Morgan fingerprint density at radius 3 is 1.90 bits per heavy atom. The first-order valence-corrected chi connectivity index (χ1v) is 13.0. The zero-order valence-electron chi connectivity index (χ0n) is 22.1. The van der Waals surface area contributed by atoms with Crippen LogP contribution in [0.3, 0.4) is 0 Å². The number of carboxylic acids is 1. The number of hydrogen-bond donors (Lipinski definition) is 2. The van der Waals surface area contributed by atoms with Crippen LogP contribution in [0.2, 0.25) is 5.02 Å². The molecular weight excluding hydrogens is 542 g/mol. The quantitative estimate of drug-likeness (QED) is 0.210. The highest BCUT2D eigenvalue weighted by Crippen LogP contribution is 2.32. The van der Waals surface area contributed by atoms with Gasteiger partial charge >= 0.3 is 11.9 Å². The number of carboxylic acid groups (broad SMARTS) is 1. The lowest BCUT2D eigenvalue weighted by molar-refractivity contribution is -0.119. The number of anilines is 1. The predicted molar refractivity (Wildman–Crippen MR) is 157 cm³/mol. The highest BCUT2D eigenvalue weighted by Gasteiger charge is 2.17. The Morgan fingerprint density at radius 2 is 1.32 bits per heavy atom. The number of fused-ring (bicyclic) bond motifs is 1. The molecule has 0 aliphatic heterocycles. The van der Waals surface area contributed by atoms with Crippen LogP contribution in [0.4, 0.5) is 5.69 Å². The number of carbonyl (C=O) groups excluding carboxylic acids is 2. The third kappa shape index (κ3) is 6.23. The maximum Gasteiger partial charge on any atom is 0.338 e. The van der Waals surface area contributed by atoms with Gasteiger partial charge in [-0.2, -0.15) is 0 Å². The molecule has 5 aromatic rings. The van der Waals surface area contributed by atoms with Crippen LogP contribution in [-0.2, 0) is 9.53 Å². The van der Waals surface area contributed by atoms with Crippen molar-refractivity contribution in [2.45, 2.75) is 13.8 Å². The predicted octanol–water partition coefficient (Wildman–Crippen LogP) is 6.73. The molecule has 4 aromatic carbocycles. The Kier molecular flexibility index (Phi) is 7.76. The summed E-state index contributed by atoms with van der Waals surface area (Å²) in [6, 6.07) is 24.8. The van der Waals surface area contributed by atoms with Crippen LogP contribution in [0.15, 0.2) is 84.9 Å². The molecule has 8 nitrogen and oxygen atoms in total. The van der Waals surface area contributed by atoms with Gasteiger partial charge in [-0.3, -0.25) is 4.79 Å². The van der Waals surface area contributed by atoms with Gasteiger partial charge in [0.2, 0.25) is 0 Å². The van der Waals surface area contributed by atoms with E-state index in [1.807, 2.05) is 62.4 Å². The zero-order chi connectivity index (χ0) is 29.1. The molecule has 2 N–H and O–H groups in total. The molecule has 1 heterocycles. The fourth-order valence-corrected chi connectivity index (χ4v) is 4.33. The Morgan fingerprint density at radius 1 is 0.756 bits per heavy atom. The molecule has 41 heavy (non-hydrogen) atoms. The van der Waals surface area contributed by atoms with Crippen LogP contribution >= 0.6 is 11.6 Å². The van der Waals surface area contributed by atoms with E-state index in [1.165, 1.54) is 18.2 Å². The minimum absolute atomic E-state index is 0.0467. The number of aromatic carboxylic acids is 1. The lowest BCUT2D eigenvalue weighted by Gasteiger charge is -2.12. The van der Waals surface area contributed by atoms with Crippen molar-refractivity contribution in [1.29, 1.82) is 0 Å². The summed E-state index contributed by atoms with van der Waals surface area (Å²) in [5.74, 6) is -2.57. The monoisotopic (exact) mass is 565 g/mol. The van der Waals surface area contributed by atoms with Gasteiger partial charge < -0.3 is 15.2 Å². The van der Waals surface area contributed by atoms with Crippen LogP contribution in [0.25, 0.3) is 33.5 Å². The summed E-state index contributed by atoms with van der Waals surface area (Å²) in [7, 11) is 0. The van der Waals surface area contributed by atoms with E-state index in [0.717, 1.165) is 27.9 Å². The van der Waals surface area contributed by atoms with Gasteiger partial charge in [0, 0.05) is 11.1 Å². The molecule has 0 aliphatic rings. The van der Waals surface area contributed by atoms with E-state index < -0.39 is 24.5 Å². The molecule has 0 atom stereocenters. The van der Waals surface area contributed by atoms with Gasteiger partial charge in [0.15, 0.2) is 6.61 Å². The summed E-state index contributed by atoms with van der Waals surface area (Å²) in [5, 5.41) is 11.8. The summed E-state index contributed by atoms with van der Waals surface area (Å²) >= 11 is 6.05. The molecule has 0 saturated heterocycles. The summed E-state index contributed by atoms with van der Waals surface area (Å²) in [6.45, 7) is 3.43. The molecule has 1 amide bonds. The molecule has 0 aliphatic carbocycles. The number of aromatic nitrogens is 2. The average Bonchev–Trinajstić information content (AvgIpc) is 2.97. The van der Waals surface area contributed by atoms with Crippen LogP contribution in [0.1, 0.15) is 31.8 Å². The van der Waals surface area contributed by atoms with Gasteiger partial charge in [-0.1, -0.05) is 71.3 Å². The first-order chi connectivity index (χ1) is 19.7. The van der Waals surface area contributed by atoms with Gasteiger partial charge in [0.05, 0.1) is 44.3 Å². The molecular formula is C32H24ClN3O5. The Bertz CT molecular complexity index is 1800. The van der Waals surface area contributed by atoms with E-state index in [1.54, 1.807) is 18.2 Å². The highest BCUT2D eigenvalue weighted by molar-refractivity contribution is 6.33. The van der Waals surface area contributed by atoms with E-state index in [4.69, 9.17) is 31.4 Å². The number of nitrogens with one attached hydrogen (secondary N) is 1. The maximum absolute atomic E-state index is 12.8. The maximum atomic E-state index is 12.8. The lowest BCUT2D eigenvalue weighted by atomic mass is 10.0. The molecule has 0 bridgehead atoms. The first kappa shape index (κ1) is 27.5. The standard InChI is InChI=1S/C32H24ClN3O5/c1-18-3-7-20(8-4-18)29-30(21-9-5-19(2)6-10-21)36-27-16-23(12-14-25(27)35-29)32(40)41-17-28(37)34-26-15-22(31(38)39)11-13-24(26)33/h3-16H,17H2,1-2H3,(H,34,37)(H,38,39). The fourth-order valence-electron chi connectivity index (χ4n) is 4.16. The van der Waals surface area contributed by atoms with Crippen molar-refractivity contribution < 1.29 is 24.2 Å². The number of ether oxygens (including phenoxy) is 1. The second-order valence-electron chi connectivity index (χ2n) is 9.48. The number of hydrogen-bond acceptors (Lipinski definition) is 6. The normalized spacial score (nSPS) is 10.8. The molecule has 204 valence electrons. The molecule has 0 radical (unpaired) electrons. The number of aryl methyl sites for hydroxylation is 2. The minimum Gasteiger partial charge on any atom is -0.478 e. The highest BCUT2D eigenvalue weighted by atomic mass is 35.5. The van der Waals surface area contributed by atoms with Crippen molar-refractivity contribution in [2.24, 2.45) is 0 Å². The van der Waals surface area contributed by atoms with Gasteiger partial charge in [-0.25, -0.2) is 19.6 Å². The smallest absolute Gasteiger partial charge is 0.338 e. The van der Waals surface area contributed by atoms with E-state index >= 15 is 0 Å². The van der Waals surface area contributed by atoms with Crippen LogP contribution in [0.5, 0.6) is 0 Å². The second kappa shape index (κ2) is 11.6. The molecule has 0 saturated carbocycles. The minimum atomic E-state index is -1.17. The first-order valence-electron chi connectivity index (χ1n) is 12.6. The topological polar surface area (TPSA) is 118 Å². The third-order valence-electron chi connectivity index (χ3n) is 6.37. The second-order valence-corrected chi connectivity index (χ2v) is 9.89. The fraction of sp³-hybridized carbons (Fsp3) is 0.0938. The molecule has 0 spiro atoms. The molecule has 5 rings (SSSR count). The summed E-state index contributed by atoms with van der Waals surface area (Å²) in [4.78, 5) is 46.2. The van der Waals surface area contributed by atoms with Crippen molar-refractivity contribution in [2.75, 3.05) is 11.9 Å². The average molecular weight is 566 g/mol. The van der Waals surface area contributed by atoms with E-state index in [9.17, 15) is 14.4 Å². The van der Waals surface area contributed by atoms with E-state index in [0.29, 0.717) is 16.7 Å². The van der Waals surface area contributed by atoms with Crippen LogP contribution < -0.4 is 5.32 Å². The van der Waals surface area contributed by atoms with Gasteiger partial charge in [0.25, 0.3) is 5.91 Å². The number of halogens is 1. The number of benzene rings is 4. The van der Waals surface area contributed by atoms with E-state index in [2.05, 4.69) is 5.32 Å². The van der Waals surface area contributed by atoms with Crippen molar-refractivity contribution in [3.8, 4) is 22.5 Å². The van der Waals surface area contributed by atoms with Crippen LogP contribution in [0, 0.1) is 13.8 Å². The SMILES string of the molecule is Cc1ccc(-c2nc3ccc(C(=O)OCC(=O)Nc4cc(C(=O)O)ccc4Cl)cc3nc2-c2ccc(C)cc2)cc1. The van der Waals surface area contributed by atoms with Gasteiger partial charge in [-0.05, 0) is 50.2 Å². The number of rotatable bonds is 7. The Hall–Kier alpha value is -5.08. The lowest BCUT2D eigenvalue weighted by Crippen LogP contribution is -2.21. The van der Waals surface area contributed by atoms with Crippen molar-refractivity contribution in [1.82, 2.24) is 9.97 Å². The summed E-state index contributed by atoms with van der Waals surface area (Å²) in [6.07, 6.45) is 0. The Balaban J connectivity index is 1.40. The summed E-state index contributed by atoms with van der Waals surface area (Å²) < 4.78 is 5.20. The number of carbonyl (C=O) groups is 3. The van der Waals surface area contributed by atoms with Crippen molar-refractivity contribution in [3.05, 3.63) is 112 Å². The Labute approximate surface area is 240 Å². The van der Waals surface area contributed by atoms with Crippen molar-refractivity contribution in [3.63, 3.8) is 0 Å². The molecule has 0 unspecified atom stereocenters. The zero-order valence-corrected chi connectivity index (χ0v) is 22.9. The molecule has 9 heteroatoms.